The number of rotatable bonds is 6. The van der Waals surface area contributed by atoms with Crippen LogP contribution in [0.25, 0.3) is 11.4 Å². The second-order valence-electron chi connectivity index (χ2n) is 7.77. The number of ether oxygens (including phenoxy) is 1. The Bertz CT molecular complexity index is 865. The lowest BCUT2D eigenvalue weighted by molar-refractivity contribution is -0.125. The van der Waals surface area contributed by atoms with Gasteiger partial charge in [0.1, 0.15) is 0 Å². The summed E-state index contributed by atoms with van der Waals surface area (Å²) in [7, 11) is 1.63. The normalized spacial score (nSPS) is 24.5. The maximum atomic E-state index is 12.7. The van der Waals surface area contributed by atoms with Crippen molar-refractivity contribution in [1.29, 1.82) is 0 Å². The number of carbonyl (C=O) groups excluding carboxylic acids is 2. The predicted octanol–water partition coefficient (Wildman–Crippen LogP) is 0.793. The lowest BCUT2D eigenvalue weighted by Crippen LogP contribution is -2.46. The van der Waals surface area contributed by atoms with E-state index in [0.29, 0.717) is 44.3 Å². The van der Waals surface area contributed by atoms with E-state index in [1.807, 2.05) is 30.3 Å². The van der Waals surface area contributed by atoms with Crippen LogP contribution in [-0.4, -0.2) is 72.8 Å². The van der Waals surface area contributed by atoms with Gasteiger partial charge < -0.3 is 19.9 Å². The molecular formula is C21H27N5O4. The Labute approximate surface area is 175 Å². The standard InChI is InChI=1S/C21H27N5O4/c1-22-20(28)15-11-16(21-24-19(25-30-21)14-5-3-2-4-6-14)17(12-15)23-18(27)13-26-7-9-29-10-8-26/h2-6,15-17H,7-13H2,1H3,(H,22,28)(H,23,27). The second-order valence-corrected chi connectivity index (χ2v) is 7.77. The van der Waals surface area contributed by atoms with Crippen LogP contribution in [0, 0.1) is 5.92 Å². The number of aromatic nitrogens is 2. The quantitative estimate of drug-likeness (QED) is 0.721. The average Bonchev–Trinajstić information content (AvgIpc) is 3.42. The molecule has 2 fully saturated rings. The van der Waals surface area contributed by atoms with Gasteiger partial charge in [-0.25, -0.2) is 0 Å². The molecule has 2 aliphatic rings. The van der Waals surface area contributed by atoms with Gasteiger partial charge >= 0.3 is 0 Å². The fraction of sp³-hybridized carbons (Fsp3) is 0.524. The molecule has 160 valence electrons. The Balaban J connectivity index is 1.48. The van der Waals surface area contributed by atoms with Crippen molar-refractivity contribution < 1.29 is 18.8 Å². The Morgan fingerprint density at radius 2 is 1.93 bits per heavy atom. The molecule has 30 heavy (non-hydrogen) atoms. The summed E-state index contributed by atoms with van der Waals surface area (Å²) < 4.78 is 10.9. The highest BCUT2D eigenvalue weighted by Crippen LogP contribution is 2.38. The third kappa shape index (κ3) is 4.68. The zero-order chi connectivity index (χ0) is 20.9. The van der Waals surface area contributed by atoms with E-state index in [2.05, 4.69) is 25.7 Å². The van der Waals surface area contributed by atoms with E-state index in [1.165, 1.54) is 0 Å². The summed E-state index contributed by atoms with van der Waals surface area (Å²) in [6, 6.07) is 9.35. The zero-order valence-electron chi connectivity index (χ0n) is 17.0. The molecular weight excluding hydrogens is 386 g/mol. The van der Waals surface area contributed by atoms with Gasteiger partial charge in [-0.15, -0.1) is 0 Å². The number of amides is 2. The lowest BCUT2D eigenvalue weighted by Gasteiger charge is -2.27. The molecule has 2 N–H and O–H groups in total. The highest BCUT2D eigenvalue weighted by Gasteiger charge is 2.42. The first-order valence-corrected chi connectivity index (χ1v) is 10.3. The zero-order valence-corrected chi connectivity index (χ0v) is 17.0. The largest absolute Gasteiger partial charge is 0.379 e. The molecule has 4 rings (SSSR count). The molecule has 9 heteroatoms. The summed E-state index contributed by atoms with van der Waals surface area (Å²) >= 11 is 0. The molecule has 9 nitrogen and oxygen atoms in total. The Hall–Kier alpha value is -2.78. The van der Waals surface area contributed by atoms with Crippen molar-refractivity contribution in [2.24, 2.45) is 5.92 Å². The van der Waals surface area contributed by atoms with Crippen LogP contribution in [0.15, 0.2) is 34.9 Å². The predicted molar refractivity (Wildman–Crippen MR) is 108 cm³/mol. The SMILES string of the molecule is CNC(=O)C1CC(NC(=O)CN2CCOCC2)C(c2nc(-c3ccccc3)no2)C1. The maximum absolute atomic E-state index is 12.7. The molecule has 2 aromatic rings. The Kier molecular flexibility index (Phi) is 6.39. The summed E-state index contributed by atoms with van der Waals surface area (Å²) in [5.41, 5.74) is 0.862. The topological polar surface area (TPSA) is 110 Å². The van der Waals surface area contributed by atoms with Gasteiger partial charge in [0.05, 0.1) is 25.7 Å². The Morgan fingerprint density at radius 1 is 1.17 bits per heavy atom. The number of carbonyl (C=O) groups is 2. The van der Waals surface area contributed by atoms with Crippen LogP contribution in [0.5, 0.6) is 0 Å². The van der Waals surface area contributed by atoms with Crippen LogP contribution in [0.1, 0.15) is 24.7 Å². The molecule has 0 bridgehead atoms. The molecule has 3 unspecified atom stereocenters. The minimum Gasteiger partial charge on any atom is -0.379 e. The van der Waals surface area contributed by atoms with Crippen molar-refractivity contribution in [3.63, 3.8) is 0 Å². The number of hydrogen-bond donors (Lipinski definition) is 2. The number of hydrogen-bond acceptors (Lipinski definition) is 7. The number of morpholine rings is 1. The lowest BCUT2D eigenvalue weighted by atomic mass is 10.0. The summed E-state index contributed by atoms with van der Waals surface area (Å²) in [6.45, 7) is 3.08. The van der Waals surface area contributed by atoms with Crippen molar-refractivity contribution in [2.45, 2.75) is 24.8 Å². The molecule has 1 aliphatic carbocycles. The summed E-state index contributed by atoms with van der Waals surface area (Å²) in [5.74, 6) is 0.455. The summed E-state index contributed by atoms with van der Waals surface area (Å²) in [4.78, 5) is 31.5. The fourth-order valence-electron chi connectivity index (χ4n) is 4.19. The van der Waals surface area contributed by atoms with E-state index in [9.17, 15) is 9.59 Å². The van der Waals surface area contributed by atoms with Crippen LogP contribution >= 0.6 is 0 Å². The first kappa shape index (κ1) is 20.5. The van der Waals surface area contributed by atoms with Crippen LogP contribution in [0.3, 0.4) is 0 Å². The third-order valence-corrected chi connectivity index (χ3v) is 5.79. The minimum absolute atomic E-state index is 0.0345. The number of nitrogens with one attached hydrogen (secondary N) is 2. The van der Waals surface area contributed by atoms with E-state index in [1.54, 1.807) is 7.05 Å². The molecule has 1 aromatic carbocycles. The van der Waals surface area contributed by atoms with Gasteiger partial charge in [0.15, 0.2) is 0 Å². The van der Waals surface area contributed by atoms with Crippen molar-refractivity contribution >= 4 is 11.8 Å². The van der Waals surface area contributed by atoms with Gasteiger partial charge in [-0.05, 0) is 12.8 Å². The summed E-state index contributed by atoms with van der Waals surface area (Å²) in [6.07, 6.45) is 1.10. The third-order valence-electron chi connectivity index (χ3n) is 5.79. The molecule has 1 saturated heterocycles. The van der Waals surface area contributed by atoms with Gasteiger partial charge in [0, 0.05) is 37.7 Å². The number of nitrogens with zero attached hydrogens (tertiary/aromatic N) is 3. The van der Waals surface area contributed by atoms with E-state index in [-0.39, 0.29) is 29.7 Å². The van der Waals surface area contributed by atoms with Crippen molar-refractivity contribution in [1.82, 2.24) is 25.7 Å². The highest BCUT2D eigenvalue weighted by molar-refractivity contribution is 5.80. The van der Waals surface area contributed by atoms with E-state index in [4.69, 9.17) is 9.26 Å². The number of benzene rings is 1. The molecule has 1 saturated carbocycles. The average molecular weight is 413 g/mol. The molecule has 0 radical (unpaired) electrons. The maximum Gasteiger partial charge on any atom is 0.234 e. The fourth-order valence-corrected chi connectivity index (χ4v) is 4.19. The molecule has 3 atom stereocenters. The van der Waals surface area contributed by atoms with Crippen LogP contribution in [0.4, 0.5) is 0 Å². The molecule has 1 aliphatic heterocycles. The van der Waals surface area contributed by atoms with E-state index in [0.717, 1.165) is 18.7 Å². The minimum atomic E-state index is -0.232. The first-order valence-electron chi connectivity index (χ1n) is 10.3. The van der Waals surface area contributed by atoms with Gasteiger partial charge in [-0.1, -0.05) is 35.5 Å². The van der Waals surface area contributed by atoms with E-state index < -0.39 is 0 Å². The highest BCUT2D eigenvalue weighted by atomic mass is 16.5. The van der Waals surface area contributed by atoms with Gasteiger partial charge in [0.25, 0.3) is 0 Å². The van der Waals surface area contributed by atoms with Crippen molar-refractivity contribution in [2.75, 3.05) is 39.9 Å². The van der Waals surface area contributed by atoms with Crippen LogP contribution in [0.2, 0.25) is 0 Å². The Morgan fingerprint density at radius 3 is 2.67 bits per heavy atom. The van der Waals surface area contributed by atoms with Crippen LogP contribution in [-0.2, 0) is 14.3 Å². The first-order chi connectivity index (χ1) is 14.6. The van der Waals surface area contributed by atoms with Crippen LogP contribution < -0.4 is 10.6 Å². The molecule has 0 spiro atoms. The van der Waals surface area contributed by atoms with Crippen molar-refractivity contribution in [3.05, 3.63) is 36.2 Å². The molecule has 2 heterocycles. The van der Waals surface area contributed by atoms with Gasteiger partial charge in [0.2, 0.25) is 23.5 Å². The molecule has 1 aromatic heterocycles. The van der Waals surface area contributed by atoms with Gasteiger partial charge in [-0.3, -0.25) is 14.5 Å². The monoisotopic (exact) mass is 413 g/mol. The second kappa shape index (κ2) is 9.36. The smallest absolute Gasteiger partial charge is 0.234 e. The summed E-state index contributed by atoms with van der Waals surface area (Å²) in [5, 5.41) is 9.92. The van der Waals surface area contributed by atoms with Crippen molar-refractivity contribution in [3.8, 4) is 11.4 Å². The van der Waals surface area contributed by atoms with Gasteiger partial charge in [-0.2, -0.15) is 4.98 Å². The molecule has 2 amide bonds. The van der Waals surface area contributed by atoms with E-state index >= 15 is 0 Å².